The number of carbonyl (C=O) groups is 1. The van der Waals surface area contributed by atoms with Crippen molar-refractivity contribution in [3.05, 3.63) is 29.3 Å². The third kappa shape index (κ3) is 3.95. The highest BCUT2D eigenvalue weighted by Crippen LogP contribution is 2.26. The highest BCUT2D eigenvalue weighted by Gasteiger charge is 2.29. The van der Waals surface area contributed by atoms with E-state index in [1.165, 1.54) is 5.56 Å². The summed E-state index contributed by atoms with van der Waals surface area (Å²) in [6, 6.07) is 5.88. The summed E-state index contributed by atoms with van der Waals surface area (Å²) in [5, 5.41) is 4.29. The summed E-state index contributed by atoms with van der Waals surface area (Å²) in [7, 11) is -1.31. The molecule has 1 aromatic carbocycles. The minimum Gasteiger partial charge on any atom is -0.497 e. The number of fused-ring (bicyclic) bond motifs is 1. The Morgan fingerprint density at radius 3 is 2.92 bits per heavy atom. The van der Waals surface area contributed by atoms with Gasteiger partial charge in [0.25, 0.3) is 0 Å². The fraction of sp³-hybridized carbons (Fsp3) is 0.529. The number of hydrazone groups is 1. The SMILES string of the molecule is COc1ccc2c(c1)CCC/C2=N/NC(=O)C[C@H]1CCS(=O)(=O)C1. The molecule has 0 saturated carbocycles. The van der Waals surface area contributed by atoms with Crippen LogP contribution in [0.15, 0.2) is 23.3 Å². The Morgan fingerprint density at radius 2 is 2.21 bits per heavy atom. The number of ether oxygens (including phenoxy) is 1. The number of nitrogens with one attached hydrogen (secondary N) is 1. The predicted octanol–water partition coefficient (Wildman–Crippen LogP) is 1.68. The van der Waals surface area contributed by atoms with Crippen LogP contribution in [-0.2, 0) is 21.1 Å². The quantitative estimate of drug-likeness (QED) is 0.837. The van der Waals surface area contributed by atoms with E-state index in [-0.39, 0.29) is 29.8 Å². The summed E-state index contributed by atoms with van der Waals surface area (Å²) >= 11 is 0. The maximum absolute atomic E-state index is 12.0. The van der Waals surface area contributed by atoms with Crippen molar-refractivity contribution in [2.45, 2.75) is 32.1 Å². The molecule has 0 aromatic heterocycles. The average molecular weight is 350 g/mol. The van der Waals surface area contributed by atoms with E-state index < -0.39 is 9.84 Å². The lowest BCUT2D eigenvalue weighted by molar-refractivity contribution is -0.121. The number of hydrogen-bond donors (Lipinski definition) is 1. The maximum Gasteiger partial charge on any atom is 0.240 e. The van der Waals surface area contributed by atoms with Crippen LogP contribution in [0.5, 0.6) is 5.75 Å². The molecule has 1 aromatic rings. The first-order chi connectivity index (χ1) is 11.5. The molecule has 7 heteroatoms. The Bertz CT molecular complexity index is 771. The van der Waals surface area contributed by atoms with E-state index in [9.17, 15) is 13.2 Å². The number of rotatable bonds is 4. The maximum atomic E-state index is 12.0. The van der Waals surface area contributed by atoms with Crippen molar-refractivity contribution in [2.24, 2.45) is 11.0 Å². The normalized spacial score (nSPS) is 23.7. The largest absolute Gasteiger partial charge is 0.497 e. The molecule has 3 rings (SSSR count). The molecule has 1 heterocycles. The van der Waals surface area contributed by atoms with Gasteiger partial charge in [-0.15, -0.1) is 0 Å². The van der Waals surface area contributed by atoms with Gasteiger partial charge in [-0.2, -0.15) is 5.10 Å². The molecule has 1 aliphatic heterocycles. The second-order valence-electron chi connectivity index (χ2n) is 6.44. The molecule has 0 spiro atoms. The third-order valence-electron chi connectivity index (χ3n) is 4.60. The van der Waals surface area contributed by atoms with Crippen LogP contribution >= 0.6 is 0 Å². The van der Waals surface area contributed by atoms with Crippen molar-refractivity contribution in [3.8, 4) is 5.75 Å². The Balaban J connectivity index is 1.64. The Hall–Kier alpha value is -1.89. The van der Waals surface area contributed by atoms with Gasteiger partial charge in [-0.05, 0) is 55.4 Å². The molecule has 6 nitrogen and oxygen atoms in total. The number of carbonyl (C=O) groups excluding carboxylic acids is 1. The Morgan fingerprint density at radius 1 is 1.38 bits per heavy atom. The number of hydrogen-bond acceptors (Lipinski definition) is 5. The molecule has 130 valence electrons. The number of benzene rings is 1. The number of sulfone groups is 1. The van der Waals surface area contributed by atoms with Crippen LogP contribution in [-0.4, -0.2) is 38.7 Å². The fourth-order valence-corrected chi connectivity index (χ4v) is 5.22. The molecular formula is C17H22N2O4S. The zero-order valence-corrected chi connectivity index (χ0v) is 14.6. The van der Waals surface area contributed by atoms with E-state index in [1.807, 2.05) is 18.2 Å². The zero-order valence-electron chi connectivity index (χ0n) is 13.7. The summed E-state index contributed by atoms with van der Waals surface area (Å²) in [6.45, 7) is 0. The molecule has 1 saturated heterocycles. The lowest BCUT2D eigenvalue weighted by atomic mass is 9.90. The number of amides is 1. The summed E-state index contributed by atoms with van der Waals surface area (Å²) in [5.74, 6) is 0.818. The van der Waals surface area contributed by atoms with E-state index in [0.29, 0.717) is 6.42 Å². The minimum absolute atomic E-state index is 0.0851. The van der Waals surface area contributed by atoms with Gasteiger partial charge in [-0.25, -0.2) is 13.8 Å². The third-order valence-corrected chi connectivity index (χ3v) is 6.44. The number of nitrogens with zero attached hydrogens (tertiary/aromatic N) is 1. The summed E-state index contributed by atoms with van der Waals surface area (Å²) in [6.07, 6.45) is 3.55. The van der Waals surface area contributed by atoms with Gasteiger partial charge in [0.05, 0.1) is 24.3 Å². The van der Waals surface area contributed by atoms with Gasteiger partial charge in [-0.3, -0.25) is 4.79 Å². The topological polar surface area (TPSA) is 84.8 Å². The first-order valence-electron chi connectivity index (χ1n) is 8.20. The van der Waals surface area contributed by atoms with Gasteiger partial charge in [0.1, 0.15) is 5.75 Å². The number of methoxy groups -OCH3 is 1. The lowest BCUT2D eigenvalue weighted by Crippen LogP contribution is -2.24. The first-order valence-corrected chi connectivity index (χ1v) is 10.0. The smallest absolute Gasteiger partial charge is 0.240 e. The summed E-state index contributed by atoms with van der Waals surface area (Å²) in [4.78, 5) is 12.0. The standard InChI is InChI=1S/C17H22N2O4S/c1-23-14-5-6-15-13(10-14)3-2-4-16(15)18-19-17(20)9-12-7-8-24(21,22)11-12/h5-6,10,12H,2-4,7-9,11H2,1H3,(H,19,20)/b18-16-/t12-/m1/s1. The molecule has 0 radical (unpaired) electrons. The highest BCUT2D eigenvalue weighted by molar-refractivity contribution is 7.91. The van der Waals surface area contributed by atoms with Gasteiger partial charge in [0.15, 0.2) is 9.84 Å². The van der Waals surface area contributed by atoms with E-state index in [0.717, 1.165) is 36.3 Å². The fourth-order valence-electron chi connectivity index (χ4n) is 3.35. The van der Waals surface area contributed by atoms with Gasteiger partial charge in [0, 0.05) is 12.0 Å². The van der Waals surface area contributed by atoms with Crippen LogP contribution < -0.4 is 10.2 Å². The Kier molecular flexibility index (Phi) is 4.89. The number of aryl methyl sites for hydroxylation is 1. The molecule has 0 unspecified atom stereocenters. The molecule has 1 fully saturated rings. The van der Waals surface area contributed by atoms with Gasteiger partial charge in [0.2, 0.25) is 5.91 Å². The second kappa shape index (κ2) is 6.93. The molecule has 1 aliphatic carbocycles. The minimum atomic E-state index is -2.95. The molecule has 0 bridgehead atoms. The molecule has 2 aliphatic rings. The predicted molar refractivity (Wildman–Crippen MR) is 92.0 cm³/mol. The average Bonchev–Trinajstić information content (AvgIpc) is 2.90. The van der Waals surface area contributed by atoms with Crippen molar-refractivity contribution in [1.29, 1.82) is 0 Å². The van der Waals surface area contributed by atoms with Crippen molar-refractivity contribution in [3.63, 3.8) is 0 Å². The zero-order chi connectivity index (χ0) is 17.2. The molecule has 1 N–H and O–H groups in total. The summed E-state index contributed by atoms with van der Waals surface area (Å²) in [5.41, 5.74) is 5.69. The Labute approximate surface area is 142 Å². The van der Waals surface area contributed by atoms with Crippen LogP contribution in [0.1, 0.15) is 36.8 Å². The second-order valence-corrected chi connectivity index (χ2v) is 8.67. The van der Waals surface area contributed by atoms with Crippen LogP contribution in [0.25, 0.3) is 0 Å². The van der Waals surface area contributed by atoms with Crippen molar-refractivity contribution < 1.29 is 17.9 Å². The van der Waals surface area contributed by atoms with Gasteiger partial charge >= 0.3 is 0 Å². The first kappa shape index (κ1) is 17.0. The molecule has 1 atom stereocenters. The van der Waals surface area contributed by atoms with E-state index in [4.69, 9.17) is 4.74 Å². The van der Waals surface area contributed by atoms with Crippen molar-refractivity contribution in [2.75, 3.05) is 18.6 Å². The van der Waals surface area contributed by atoms with E-state index >= 15 is 0 Å². The van der Waals surface area contributed by atoms with Crippen LogP contribution in [0.2, 0.25) is 0 Å². The lowest BCUT2D eigenvalue weighted by Gasteiger charge is -2.18. The van der Waals surface area contributed by atoms with Gasteiger partial charge in [-0.1, -0.05) is 0 Å². The van der Waals surface area contributed by atoms with Crippen molar-refractivity contribution in [1.82, 2.24) is 5.43 Å². The summed E-state index contributed by atoms with van der Waals surface area (Å²) < 4.78 is 28.1. The van der Waals surface area contributed by atoms with E-state index in [1.54, 1.807) is 7.11 Å². The van der Waals surface area contributed by atoms with Gasteiger partial charge < -0.3 is 4.74 Å². The molecule has 24 heavy (non-hydrogen) atoms. The van der Waals surface area contributed by atoms with Crippen LogP contribution in [0.3, 0.4) is 0 Å². The van der Waals surface area contributed by atoms with Crippen LogP contribution in [0, 0.1) is 5.92 Å². The van der Waals surface area contributed by atoms with E-state index in [2.05, 4.69) is 10.5 Å². The van der Waals surface area contributed by atoms with Crippen LogP contribution in [0.4, 0.5) is 0 Å². The van der Waals surface area contributed by atoms with Crippen molar-refractivity contribution >= 4 is 21.5 Å². The molecular weight excluding hydrogens is 328 g/mol. The monoisotopic (exact) mass is 350 g/mol. The molecule has 1 amide bonds. The highest BCUT2D eigenvalue weighted by atomic mass is 32.2.